The van der Waals surface area contributed by atoms with Crippen LogP contribution in [0.1, 0.15) is 67.8 Å². The number of nitrogens with zero attached hydrogens (tertiary/aromatic N) is 7. The van der Waals surface area contributed by atoms with Crippen LogP contribution in [0.4, 0.5) is 19.0 Å². The molecule has 16 heteroatoms. The first-order chi connectivity index (χ1) is 22.5. The van der Waals surface area contributed by atoms with Crippen LogP contribution in [-0.4, -0.2) is 86.0 Å². The summed E-state index contributed by atoms with van der Waals surface area (Å²) < 4.78 is 49.6. The molecule has 0 radical (unpaired) electrons. The van der Waals surface area contributed by atoms with Crippen LogP contribution in [0.2, 0.25) is 0 Å². The van der Waals surface area contributed by atoms with E-state index < -0.39 is 36.0 Å². The van der Waals surface area contributed by atoms with Gasteiger partial charge in [0.25, 0.3) is 11.7 Å². The average molecular weight is 678 g/mol. The maximum Gasteiger partial charge on any atom is 0.393 e. The second-order valence-corrected chi connectivity index (χ2v) is 13.4. The number of aromatic nitrogens is 6. The first-order valence-electron chi connectivity index (χ1n) is 16.4. The number of fused-ring (bicyclic) bond motifs is 1. The van der Waals surface area contributed by atoms with Crippen LogP contribution in [0, 0.1) is 23.7 Å². The molecule has 47 heavy (non-hydrogen) atoms. The molecule has 1 saturated carbocycles. The number of aryl methyl sites for hydroxylation is 1. The van der Waals surface area contributed by atoms with Gasteiger partial charge in [-0.05, 0) is 44.1 Å². The van der Waals surface area contributed by atoms with E-state index in [1.807, 2.05) is 11.8 Å². The minimum Gasteiger partial charge on any atom is -0.378 e. The number of nitrogens with one attached hydrogen (secondary N) is 2. The number of carbonyl (C=O) groups excluding carboxylic acids is 2. The largest absolute Gasteiger partial charge is 0.393 e. The van der Waals surface area contributed by atoms with E-state index in [1.54, 1.807) is 23.1 Å². The Morgan fingerprint density at radius 3 is 2.57 bits per heavy atom. The van der Waals surface area contributed by atoms with Crippen molar-refractivity contribution < 1.29 is 27.5 Å². The first kappa shape index (κ1) is 33.5. The van der Waals surface area contributed by atoms with Crippen LogP contribution in [0.5, 0.6) is 0 Å². The molecule has 5 heterocycles. The molecule has 3 aromatic heterocycles. The van der Waals surface area contributed by atoms with Gasteiger partial charge in [-0.15, -0.1) is 0 Å². The van der Waals surface area contributed by atoms with E-state index in [4.69, 9.17) is 32.4 Å². The number of thiol groups is 1. The van der Waals surface area contributed by atoms with E-state index in [0.29, 0.717) is 61.7 Å². The Morgan fingerprint density at radius 1 is 1.15 bits per heavy atom. The average Bonchev–Trinajstić information content (AvgIpc) is 3.72. The molecule has 2 amide bonds. The number of amides is 2. The normalized spacial score (nSPS) is 25.4. The summed E-state index contributed by atoms with van der Waals surface area (Å²) in [7, 11) is 0. The molecule has 1 unspecified atom stereocenters. The Labute approximate surface area is 276 Å². The van der Waals surface area contributed by atoms with E-state index >= 15 is 0 Å². The van der Waals surface area contributed by atoms with Crippen LogP contribution < -0.4 is 15.5 Å². The lowest BCUT2D eigenvalue weighted by Gasteiger charge is -2.42. The molecule has 3 aliphatic rings. The van der Waals surface area contributed by atoms with Gasteiger partial charge in [-0.1, -0.05) is 19.8 Å². The molecular formula is C31H42F3N9O3S. The van der Waals surface area contributed by atoms with Gasteiger partial charge in [0.1, 0.15) is 11.4 Å². The number of alkyl halides is 3. The second kappa shape index (κ2) is 13.6. The minimum absolute atomic E-state index is 0.0163. The zero-order valence-corrected chi connectivity index (χ0v) is 27.6. The molecule has 0 spiro atoms. The number of hydrogen-bond acceptors (Lipinski definition) is 9. The highest BCUT2D eigenvalue weighted by atomic mass is 32.1. The van der Waals surface area contributed by atoms with Crippen molar-refractivity contribution >= 4 is 36.0 Å². The van der Waals surface area contributed by atoms with Crippen LogP contribution in [0.25, 0.3) is 5.78 Å². The van der Waals surface area contributed by atoms with Crippen molar-refractivity contribution in [2.45, 2.75) is 70.6 Å². The summed E-state index contributed by atoms with van der Waals surface area (Å²) in [4.78, 5) is 38.4. The van der Waals surface area contributed by atoms with Crippen LogP contribution in [0.3, 0.4) is 0 Å². The maximum atomic E-state index is 13.8. The van der Waals surface area contributed by atoms with Crippen molar-refractivity contribution in [3.05, 3.63) is 35.5 Å². The molecular weight excluding hydrogens is 635 g/mol. The van der Waals surface area contributed by atoms with Gasteiger partial charge < -0.3 is 20.3 Å². The third kappa shape index (κ3) is 6.80. The second-order valence-electron chi connectivity index (χ2n) is 13.0. The van der Waals surface area contributed by atoms with Gasteiger partial charge in [0, 0.05) is 50.5 Å². The highest BCUT2D eigenvalue weighted by molar-refractivity contribution is 7.80. The number of morpholine rings is 1. The fourth-order valence-corrected chi connectivity index (χ4v) is 7.70. The predicted octanol–water partition coefficient (Wildman–Crippen LogP) is 3.42. The minimum atomic E-state index is -4.42. The summed E-state index contributed by atoms with van der Waals surface area (Å²) in [6.07, 6.45) is 2.31. The molecule has 0 aromatic carbocycles. The number of ether oxygens (including phenoxy) is 1. The molecule has 6 rings (SSSR count). The van der Waals surface area contributed by atoms with Gasteiger partial charge in [-0.25, -0.2) is 9.50 Å². The first-order valence-corrected chi connectivity index (χ1v) is 17.0. The van der Waals surface area contributed by atoms with Crippen LogP contribution in [0.15, 0.2) is 18.5 Å². The summed E-state index contributed by atoms with van der Waals surface area (Å²) in [5.41, 5.74) is 0.439. The van der Waals surface area contributed by atoms with Crippen molar-refractivity contribution in [3.63, 3.8) is 0 Å². The Balaban J connectivity index is 1.41. The van der Waals surface area contributed by atoms with E-state index in [1.165, 1.54) is 4.52 Å². The van der Waals surface area contributed by atoms with Crippen molar-refractivity contribution in [3.8, 4) is 0 Å². The third-order valence-electron chi connectivity index (χ3n) is 10.0. The van der Waals surface area contributed by atoms with Crippen molar-refractivity contribution in [1.82, 2.24) is 40.0 Å². The molecule has 256 valence electrons. The number of halogens is 3. The van der Waals surface area contributed by atoms with Gasteiger partial charge in [0.2, 0.25) is 5.91 Å². The Bertz CT molecular complexity index is 1580. The fraction of sp³-hybridized carbons (Fsp3) is 0.677. The number of imidazole rings is 1. The number of carbonyl (C=O) groups is 2. The SMILES string of the molecule is CCn1nccc1C(=O)N[C@@](CS)(c1cn2nc(CC3C[C@@H](C(F)(F)F)CNC3=O)c(N3CCOCC3)nc2n1)C1CCC(C)CC1. The van der Waals surface area contributed by atoms with E-state index in [2.05, 4.69) is 22.7 Å². The van der Waals surface area contributed by atoms with Gasteiger partial charge in [-0.3, -0.25) is 14.3 Å². The molecule has 0 bridgehead atoms. The number of rotatable bonds is 9. The van der Waals surface area contributed by atoms with Crippen LogP contribution in [-0.2, 0) is 28.0 Å². The van der Waals surface area contributed by atoms with E-state index in [0.717, 1.165) is 25.7 Å². The monoisotopic (exact) mass is 677 g/mol. The van der Waals surface area contributed by atoms with Gasteiger partial charge >= 0.3 is 6.18 Å². The highest BCUT2D eigenvalue weighted by Crippen LogP contribution is 2.42. The number of piperidine rings is 1. The van der Waals surface area contributed by atoms with E-state index in [-0.39, 0.29) is 36.2 Å². The lowest BCUT2D eigenvalue weighted by Crippen LogP contribution is -2.54. The lowest BCUT2D eigenvalue weighted by atomic mass is 9.71. The zero-order valence-electron chi connectivity index (χ0n) is 26.7. The highest BCUT2D eigenvalue weighted by Gasteiger charge is 2.46. The molecule has 2 N–H and O–H groups in total. The van der Waals surface area contributed by atoms with Crippen molar-refractivity contribution in [2.75, 3.05) is 43.5 Å². The third-order valence-corrected chi connectivity index (χ3v) is 10.5. The summed E-state index contributed by atoms with van der Waals surface area (Å²) in [5.74, 6) is -1.64. The van der Waals surface area contributed by atoms with Crippen LogP contribution >= 0.6 is 12.6 Å². The summed E-state index contributed by atoms with van der Waals surface area (Å²) in [6, 6.07) is 1.68. The molecule has 12 nitrogen and oxygen atoms in total. The Hall–Kier alpha value is -3.40. The molecule has 1 aliphatic carbocycles. The quantitative estimate of drug-likeness (QED) is 0.294. The maximum absolute atomic E-state index is 13.8. The standard InChI is InChI=1S/C31H42F3N9O3S/c1-3-42-24(8-9-36-42)28(45)39-30(18-47,21-6-4-19(2)5-7-21)25-17-43-29(37-25)38-26(41-10-12-46-13-11-41)23(40-43)15-20-14-22(31(32,33)34)16-35-27(20)44/h8-9,17,19-22,47H,3-7,10-16,18H2,1-2H3,(H,35,44)(H,39,45)/t19?,20?,21?,22-,30-/m1/s1. The fourth-order valence-electron chi connectivity index (χ4n) is 7.20. The summed E-state index contributed by atoms with van der Waals surface area (Å²) in [5, 5.41) is 14.9. The van der Waals surface area contributed by atoms with Crippen molar-refractivity contribution in [1.29, 1.82) is 0 Å². The van der Waals surface area contributed by atoms with Gasteiger partial charge in [0.05, 0.1) is 36.6 Å². The number of anilines is 1. The Morgan fingerprint density at radius 2 is 1.89 bits per heavy atom. The smallest absolute Gasteiger partial charge is 0.378 e. The molecule has 3 aromatic rings. The molecule has 2 aliphatic heterocycles. The van der Waals surface area contributed by atoms with E-state index in [9.17, 15) is 22.8 Å². The number of hydrogen-bond donors (Lipinski definition) is 3. The van der Waals surface area contributed by atoms with Gasteiger partial charge in [-0.2, -0.15) is 41.0 Å². The zero-order chi connectivity index (χ0) is 33.3. The molecule has 3 atom stereocenters. The lowest BCUT2D eigenvalue weighted by molar-refractivity contribution is -0.183. The van der Waals surface area contributed by atoms with Crippen molar-refractivity contribution in [2.24, 2.45) is 23.7 Å². The topological polar surface area (TPSA) is 132 Å². The molecule has 3 fully saturated rings. The molecule has 2 saturated heterocycles. The van der Waals surface area contributed by atoms with Gasteiger partial charge in [0.15, 0.2) is 5.82 Å². The Kier molecular flexibility index (Phi) is 9.70. The summed E-state index contributed by atoms with van der Waals surface area (Å²) in [6.45, 7) is 6.18. The predicted molar refractivity (Wildman–Crippen MR) is 170 cm³/mol. The summed E-state index contributed by atoms with van der Waals surface area (Å²) >= 11 is 4.81.